The fourth-order valence-corrected chi connectivity index (χ4v) is 2.47. The normalized spacial score (nSPS) is 10.6. The van der Waals surface area contributed by atoms with Crippen LogP contribution in [0.1, 0.15) is 32.6 Å². The topological polar surface area (TPSA) is 131 Å². The Balaban J connectivity index is -0.00000147. The molecule has 0 aromatic heterocycles. The first-order chi connectivity index (χ1) is 9.65. The van der Waals surface area contributed by atoms with E-state index in [9.17, 15) is 21.6 Å². The monoisotopic (exact) mass is 385 g/mol. The number of carbonyl (C=O) groups is 1. The molecule has 0 radical (unpaired) electrons. The molecule has 1 aromatic rings. The van der Waals surface area contributed by atoms with Crippen molar-refractivity contribution in [3.8, 4) is 0 Å². The van der Waals surface area contributed by atoms with Crippen LogP contribution in [0.5, 0.6) is 0 Å². The average molecular weight is 386 g/mol. The smallest absolute Gasteiger partial charge is 0.312 e. The van der Waals surface area contributed by atoms with Crippen LogP contribution in [-0.2, 0) is 24.4 Å². The first-order valence-electron chi connectivity index (χ1n) is 5.59. The summed E-state index contributed by atoms with van der Waals surface area (Å²) in [5, 5.41) is 2.29. The second kappa shape index (κ2) is 11.1. The molecular formula is C13H27N3O6S2. The SMILES string of the molecule is C.C.C.CNOS(=O)(=O)c1cccc(C(=O)NCNS(C)(=O)=O)c1. The minimum Gasteiger partial charge on any atom is -0.338 e. The number of amides is 1. The zero-order chi connectivity index (χ0) is 16.1. The highest BCUT2D eigenvalue weighted by molar-refractivity contribution is 7.88. The standard InChI is InChI=1S/C10H15N3O6S2.3CH4/c1-11-19-21(17,18)9-5-3-4-8(6-9)10(14)12-7-13-20(2,15)16;;;/h3-6,11,13H,7H2,1-2H3,(H,12,14);3*1H4. The van der Waals surface area contributed by atoms with Crippen LogP contribution in [0.25, 0.3) is 0 Å². The summed E-state index contributed by atoms with van der Waals surface area (Å²) in [7, 11) is -6.16. The van der Waals surface area contributed by atoms with Crippen LogP contribution in [-0.4, -0.2) is 42.7 Å². The van der Waals surface area contributed by atoms with E-state index in [-0.39, 0.29) is 39.4 Å². The molecule has 0 atom stereocenters. The van der Waals surface area contributed by atoms with E-state index in [1.54, 1.807) is 0 Å². The summed E-state index contributed by atoms with van der Waals surface area (Å²) in [5.74, 6) is -0.632. The number of sulfonamides is 1. The van der Waals surface area contributed by atoms with Crippen molar-refractivity contribution < 1.29 is 25.9 Å². The van der Waals surface area contributed by atoms with Gasteiger partial charge in [-0.2, -0.15) is 22.9 Å². The van der Waals surface area contributed by atoms with E-state index >= 15 is 0 Å². The van der Waals surface area contributed by atoms with Gasteiger partial charge < -0.3 is 5.32 Å². The van der Waals surface area contributed by atoms with Gasteiger partial charge in [0.1, 0.15) is 0 Å². The second-order valence-corrected chi connectivity index (χ2v) is 7.25. The number of benzene rings is 1. The van der Waals surface area contributed by atoms with Gasteiger partial charge in [0.25, 0.3) is 5.91 Å². The maximum atomic E-state index is 11.8. The van der Waals surface area contributed by atoms with Gasteiger partial charge in [-0.15, -0.1) is 0 Å². The quantitative estimate of drug-likeness (QED) is 0.464. The van der Waals surface area contributed by atoms with Crippen LogP contribution in [0.2, 0.25) is 0 Å². The first-order valence-corrected chi connectivity index (χ1v) is 8.89. The summed E-state index contributed by atoms with van der Waals surface area (Å²) in [5.41, 5.74) is 2.09. The molecule has 9 nitrogen and oxygen atoms in total. The van der Waals surface area contributed by atoms with Crippen LogP contribution in [0.4, 0.5) is 0 Å². The highest BCUT2D eigenvalue weighted by Crippen LogP contribution is 2.13. The molecule has 0 bridgehead atoms. The molecule has 3 N–H and O–H groups in total. The minimum absolute atomic E-state index is 0. The van der Waals surface area contributed by atoms with Gasteiger partial charge in [0.15, 0.2) is 0 Å². The van der Waals surface area contributed by atoms with Crippen LogP contribution in [0, 0.1) is 0 Å². The number of rotatable bonds is 7. The van der Waals surface area contributed by atoms with E-state index in [0.29, 0.717) is 0 Å². The van der Waals surface area contributed by atoms with Crippen molar-refractivity contribution in [1.82, 2.24) is 15.5 Å². The van der Waals surface area contributed by atoms with Crippen molar-refractivity contribution in [2.75, 3.05) is 20.0 Å². The summed E-state index contributed by atoms with van der Waals surface area (Å²) >= 11 is 0. The summed E-state index contributed by atoms with van der Waals surface area (Å²) in [4.78, 5) is 11.6. The number of carbonyl (C=O) groups excluding carboxylic acids is 1. The highest BCUT2D eigenvalue weighted by atomic mass is 32.2. The van der Waals surface area contributed by atoms with Crippen LogP contribution >= 0.6 is 0 Å². The third-order valence-corrected chi connectivity index (χ3v) is 4.05. The number of hydrogen-bond acceptors (Lipinski definition) is 7. The summed E-state index contributed by atoms with van der Waals surface area (Å²) in [6.07, 6.45) is 0.946. The largest absolute Gasteiger partial charge is 0.338 e. The second-order valence-electron chi connectivity index (χ2n) is 3.87. The Kier molecular flexibility index (Phi) is 12.6. The van der Waals surface area contributed by atoms with E-state index in [0.717, 1.165) is 12.3 Å². The molecular weight excluding hydrogens is 358 g/mol. The molecule has 0 unspecified atom stereocenters. The average Bonchev–Trinajstić information content (AvgIpc) is 2.37. The van der Waals surface area contributed by atoms with Crippen molar-refractivity contribution in [3.05, 3.63) is 29.8 Å². The van der Waals surface area contributed by atoms with Crippen molar-refractivity contribution in [1.29, 1.82) is 0 Å². The molecule has 0 saturated carbocycles. The van der Waals surface area contributed by atoms with E-state index < -0.39 is 26.0 Å². The van der Waals surface area contributed by atoms with Crippen LogP contribution in [0.3, 0.4) is 0 Å². The van der Waals surface area contributed by atoms with E-state index in [4.69, 9.17) is 0 Å². The summed E-state index contributed by atoms with van der Waals surface area (Å²) in [6, 6.07) is 5.12. The maximum Gasteiger partial charge on any atom is 0.312 e. The van der Waals surface area contributed by atoms with Gasteiger partial charge in [-0.3, -0.25) is 4.79 Å². The van der Waals surface area contributed by atoms with Gasteiger partial charge in [-0.25, -0.2) is 8.42 Å². The van der Waals surface area contributed by atoms with Crippen LogP contribution in [0.15, 0.2) is 29.2 Å². The highest BCUT2D eigenvalue weighted by Gasteiger charge is 2.17. The third kappa shape index (κ3) is 8.93. The molecule has 11 heteroatoms. The maximum absolute atomic E-state index is 11.8. The predicted octanol–water partition coefficient (Wildman–Crippen LogP) is 0.671. The first kappa shape index (κ1) is 27.3. The Morgan fingerprint density at radius 1 is 1.12 bits per heavy atom. The molecule has 0 heterocycles. The van der Waals surface area contributed by atoms with E-state index in [1.165, 1.54) is 25.2 Å². The molecule has 0 fully saturated rings. The predicted molar refractivity (Wildman–Crippen MR) is 94.3 cm³/mol. The fraction of sp³-hybridized carbons (Fsp3) is 0.462. The number of hydroxylamine groups is 1. The molecule has 0 saturated heterocycles. The van der Waals surface area contributed by atoms with Crippen LogP contribution < -0.4 is 15.5 Å². The Hall–Kier alpha value is -1.53. The Labute approximate surface area is 144 Å². The fourth-order valence-electron chi connectivity index (χ4n) is 1.30. The lowest BCUT2D eigenvalue weighted by Gasteiger charge is -2.07. The van der Waals surface area contributed by atoms with Crippen molar-refractivity contribution in [2.45, 2.75) is 27.2 Å². The van der Waals surface area contributed by atoms with Gasteiger partial charge in [-0.05, 0) is 18.2 Å². The molecule has 0 aliphatic rings. The Morgan fingerprint density at radius 3 is 2.21 bits per heavy atom. The van der Waals surface area contributed by atoms with Gasteiger partial charge in [0.05, 0.1) is 17.8 Å². The number of nitrogens with one attached hydrogen (secondary N) is 3. The lowest BCUT2D eigenvalue weighted by molar-refractivity contribution is 0.0953. The van der Waals surface area contributed by atoms with Crippen molar-refractivity contribution >= 4 is 26.0 Å². The lowest BCUT2D eigenvalue weighted by atomic mass is 10.2. The third-order valence-electron chi connectivity index (χ3n) is 2.16. The molecule has 24 heavy (non-hydrogen) atoms. The molecule has 142 valence electrons. The van der Waals surface area contributed by atoms with Crippen molar-refractivity contribution in [2.24, 2.45) is 0 Å². The molecule has 0 aliphatic heterocycles. The molecule has 1 rings (SSSR count). The Bertz CT molecular complexity index is 717. The van der Waals surface area contributed by atoms with Gasteiger partial charge >= 0.3 is 10.1 Å². The minimum atomic E-state index is -4.01. The van der Waals surface area contributed by atoms with Gasteiger partial charge in [0, 0.05) is 12.6 Å². The zero-order valence-corrected chi connectivity index (χ0v) is 12.9. The molecule has 0 aliphatic carbocycles. The van der Waals surface area contributed by atoms with E-state index in [1.807, 2.05) is 5.48 Å². The Morgan fingerprint density at radius 2 is 1.71 bits per heavy atom. The van der Waals surface area contributed by atoms with Gasteiger partial charge in [-0.1, -0.05) is 28.3 Å². The molecule has 1 amide bonds. The lowest BCUT2D eigenvalue weighted by Crippen LogP contribution is -2.36. The number of hydrogen-bond donors (Lipinski definition) is 3. The zero-order valence-electron chi connectivity index (χ0n) is 11.3. The van der Waals surface area contributed by atoms with Gasteiger partial charge in [0.2, 0.25) is 10.0 Å². The van der Waals surface area contributed by atoms with Crippen molar-refractivity contribution in [3.63, 3.8) is 0 Å². The molecule has 0 spiro atoms. The van der Waals surface area contributed by atoms with E-state index in [2.05, 4.69) is 14.3 Å². The molecule has 1 aromatic carbocycles. The summed E-state index contributed by atoms with van der Waals surface area (Å²) < 4.78 is 51.4. The summed E-state index contributed by atoms with van der Waals surface area (Å²) in [6.45, 7) is -0.304.